The van der Waals surface area contributed by atoms with Crippen LogP contribution in [0.5, 0.6) is 0 Å². The highest BCUT2D eigenvalue weighted by Crippen LogP contribution is 2.28. The molecule has 2 rings (SSSR count). The van der Waals surface area contributed by atoms with E-state index in [-0.39, 0.29) is 12.0 Å². The van der Waals surface area contributed by atoms with Crippen molar-refractivity contribution in [2.24, 2.45) is 0 Å². The van der Waals surface area contributed by atoms with E-state index in [1.165, 1.54) is 12.1 Å². The van der Waals surface area contributed by atoms with Crippen LogP contribution in [0.2, 0.25) is 0 Å². The van der Waals surface area contributed by atoms with Gasteiger partial charge in [0.15, 0.2) is 0 Å². The van der Waals surface area contributed by atoms with Crippen molar-refractivity contribution in [3.8, 4) is 0 Å². The monoisotopic (exact) mass is 276 g/mol. The van der Waals surface area contributed by atoms with Crippen molar-refractivity contribution in [2.75, 3.05) is 0 Å². The van der Waals surface area contributed by atoms with E-state index in [0.29, 0.717) is 5.56 Å². The summed E-state index contributed by atoms with van der Waals surface area (Å²) in [7, 11) is 0. The molecule has 0 fully saturated rings. The molecule has 3 heteroatoms. The first-order chi connectivity index (χ1) is 9.41. The van der Waals surface area contributed by atoms with Crippen molar-refractivity contribution in [3.63, 3.8) is 0 Å². The minimum atomic E-state index is -1.19. The number of hydrogen-bond donors (Lipinski definition) is 1. The molecule has 0 aliphatic rings. The lowest BCUT2D eigenvalue weighted by Crippen LogP contribution is -2.10. The molecule has 2 aromatic carbocycles. The van der Waals surface area contributed by atoms with E-state index in [0.717, 1.165) is 16.7 Å². The number of rotatable bonds is 3. The summed E-state index contributed by atoms with van der Waals surface area (Å²) < 4.78 is 27.8. The van der Waals surface area contributed by atoms with Crippen LogP contribution in [0.25, 0.3) is 0 Å². The van der Waals surface area contributed by atoms with Gasteiger partial charge in [0, 0.05) is 6.42 Å². The molecule has 0 aromatic heterocycles. The Bertz CT molecular complexity index is 615. The van der Waals surface area contributed by atoms with E-state index in [1.807, 2.05) is 32.0 Å². The fraction of sp³-hybridized carbons (Fsp3) is 0.294. The molecule has 0 heterocycles. The molecule has 1 unspecified atom stereocenters. The van der Waals surface area contributed by atoms with E-state index < -0.39 is 17.7 Å². The number of halogens is 2. The fourth-order valence-corrected chi connectivity index (χ4v) is 2.45. The molecule has 0 aliphatic heterocycles. The van der Waals surface area contributed by atoms with Gasteiger partial charge in [0.05, 0.1) is 11.7 Å². The Labute approximate surface area is 117 Å². The van der Waals surface area contributed by atoms with Crippen molar-refractivity contribution < 1.29 is 13.9 Å². The predicted octanol–water partition coefficient (Wildman–Crippen LogP) is 4.17. The third kappa shape index (κ3) is 2.73. The fourth-order valence-electron chi connectivity index (χ4n) is 2.45. The summed E-state index contributed by atoms with van der Waals surface area (Å²) in [4.78, 5) is 0. The van der Waals surface area contributed by atoms with E-state index >= 15 is 0 Å². The lowest BCUT2D eigenvalue weighted by molar-refractivity contribution is 0.167. The highest BCUT2D eigenvalue weighted by atomic mass is 19.1. The highest BCUT2D eigenvalue weighted by Gasteiger charge is 2.21. The van der Waals surface area contributed by atoms with Crippen LogP contribution < -0.4 is 0 Å². The van der Waals surface area contributed by atoms with Crippen molar-refractivity contribution in [3.05, 3.63) is 69.8 Å². The van der Waals surface area contributed by atoms with Crippen molar-refractivity contribution in [1.29, 1.82) is 0 Å². The molecule has 0 amide bonds. The van der Waals surface area contributed by atoms with Gasteiger partial charge >= 0.3 is 0 Å². The van der Waals surface area contributed by atoms with Crippen molar-refractivity contribution in [2.45, 2.75) is 33.3 Å². The summed E-state index contributed by atoms with van der Waals surface area (Å²) in [6, 6.07) is 8.35. The number of aliphatic hydroxyl groups excluding tert-OH is 1. The van der Waals surface area contributed by atoms with Crippen LogP contribution in [0.1, 0.15) is 33.9 Å². The van der Waals surface area contributed by atoms with Crippen molar-refractivity contribution in [1.82, 2.24) is 0 Å². The molecule has 0 bridgehead atoms. The van der Waals surface area contributed by atoms with Crippen LogP contribution in [0.3, 0.4) is 0 Å². The van der Waals surface area contributed by atoms with Gasteiger partial charge in [-0.3, -0.25) is 0 Å². The van der Waals surface area contributed by atoms with Crippen LogP contribution in [-0.4, -0.2) is 5.11 Å². The van der Waals surface area contributed by atoms with E-state index in [1.54, 1.807) is 6.92 Å². The quantitative estimate of drug-likeness (QED) is 0.892. The smallest absolute Gasteiger partial charge is 0.134 e. The van der Waals surface area contributed by atoms with E-state index in [4.69, 9.17) is 0 Å². The SMILES string of the molecule is Cc1ccc(F)c(C(O)Cc2c(C)cccc2C)c1F. The zero-order valence-corrected chi connectivity index (χ0v) is 11.9. The molecule has 0 spiro atoms. The maximum absolute atomic E-state index is 14.0. The van der Waals surface area contributed by atoms with Gasteiger partial charge in [-0.1, -0.05) is 24.3 Å². The third-order valence-electron chi connectivity index (χ3n) is 3.69. The largest absolute Gasteiger partial charge is 0.388 e. The highest BCUT2D eigenvalue weighted by molar-refractivity contribution is 5.36. The normalized spacial score (nSPS) is 12.5. The van der Waals surface area contributed by atoms with E-state index in [2.05, 4.69) is 0 Å². The van der Waals surface area contributed by atoms with Gasteiger partial charge in [0.2, 0.25) is 0 Å². The summed E-state index contributed by atoms with van der Waals surface area (Å²) in [5, 5.41) is 10.2. The molecule has 0 aliphatic carbocycles. The molecular formula is C17H18F2O. The first-order valence-electron chi connectivity index (χ1n) is 6.59. The van der Waals surface area contributed by atoms with Gasteiger partial charge in [-0.25, -0.2) is 8.78 Å². The number of aliphatic hydroxyl groups is 1. The summed E-state index contributed by atoms with van der Waals surface area (Å²) in [6.45, 7) is 5.42. The minimum absolute atomic E-state index is 0.204. The van der Waals surface area contributed by atoms with Gasteiger partial charge < -0.3 is 5.11 Å². The van der Waals surface area contributed by atoms with Gasteiger partial charge in [-0.2, -0.15) is 0 Å². The zero-order chi connectivity index (χ0) is 14.9. The van der Waals surface area contributed by atoms with Crippen LogP contribution in [0.4, 0.5) is 8.78 Å². The van der Waals surface area contributed by atoms with Crippen LogP contribution >= 0.6 is 0 Å². The van der Waals surface area contributed by atoms with E-state index in [9.17, 15) is 13.9 Å². The topological polar surface area (TPSA) is 20.2 Å². The molecule has 20 heavy (non-hydrogen) atoms. The molecule has 1 atom stereocenters. The first-order valence-corrected chi connectivity index (χ1v) is 6.59. The summed E-state index contributed by atoms with van der Waals surface area (Å²) >= 11 is 0. The minimum Gasteiger partial charge on any atom is -0.388 e. The summed E-state index contributed by atoms with van der Waals surface area (Å²) in [5.74, 6) is -1.37. The van der Waals surface area contributed by atoms with Gasteiger partial charge in [-0.05, 0) is 49.1 Å². The maximum atomic E-state index is 14.0. The number of benzene rings is 2. The molecule has 0 radical (unpaired) electrons. The molecule has 0 saturated heterocycles. The van der Waals surface area contributed by atoms with Gasteiger partial charge in [-0.15, -0.1) is 0 Å². The lowest BCUT2D eigenvalue weighted by atomic mass is 9.93. The molecule has 1 N–H and O–H groups in total. The van der Waals surface area contributed by atoms with Gasteiger partial charge in [0.25, 0.3) is 0 Å². The molecule has 2 aromatic rings. The van der Waals surface area contributed by atoms with Crippen molar-refractivity contribution >= 4 is 0 Å². The lowest BCUT2D eigenvalue weighted by Gasteiger charge is -2.17. The van der Waals surface area contributed by atoms with Gasteiger partial charge in [0.1, 0.15) is 11.6 Å². The number of hydrogen-bond acceptors (Lipinski definition) is 1. The Morgan fingerprint density at radius 2 is 1.55 bits per heavy atom. The predicted molar refractivity (Wildman–Crippen MR) is 75.7 cm³/mol. The maximum Gasteiger partial charge on any atom is 0.134 e. The average Bonchev–Trinajstić information content (AvgIpc) is 2.39. The Kier molecular flexibility index (Phi) is 4.19. The molecule has 106 valence electrons. The molecule has 1 nitrogen and oxygen atoms in total. The Hall–Kier alpha value is -1.74. The Morgan fingerprint density at radius 3 is 2.15 bits per heavy atom. The zero-order valence-electron chi connectivity index (χ0n) is 11.9. The van der Waals surface area contributed by atoms with Crippen LogP contribution in [0.15, 0.2) is 30.3 Å². The van der Waals surface area contributed by atoms with Crippen LogP contribution in [-0.2, 0) is 6.42 Å². The summed E-state index contributed by atoms with van der Waals surface area (Å²) in [5.41, 5.74) is 3.05. The third-order valence-corrected chi connectivity index (χ3v) is 3.69. The van der Waals surface area contributed by atoms with Crippen LogP contribution in [0, 0.1) is 32.4 Å². The average molecular weight is 276 g/mol. The molecule has 0 saturated carbocycles. The Morgan fingerprint density at radius 1 is 0.950 bits per heavy atom. The summed E-state index contributed by atoms with van der Waals surface area (Å²) in [6.07, 6.45) is -0.981. The Balaban J connectivity index is 2.38. The second kappa shape index (κ2) is 5.71. The number of aryl methyl sites for hydroxylation is 3. The second-order valence-electron chi connectivity index (χ2n) is 5.18. The molecular weight excluding hydrogens is 258 g/mol. The standard InChI is InChI=1S/C17H18F2O/c1-10-5-4-6-11(2)13(10)9-15(20)16-14(18)8-7-12(3)17(16)19/h4-8,15,20H,9H2,1-3H3. The first kappa shape index (κ1) is 14.7. The second-order valence-corrected chi connectivity index (χ2v) is 5.18.